The average Bonchev–Trinajstić information content (AvgIpc) is 2.47. The van der Waals surface area contributed by atoms with Crippen molar-refractivity contribution in [3.63, 3.8) is 0 Å². The van der Waals surface area contributed by atoms with Crippen molar-refractivity contribution in [1.29, 1.82) is 0 Å². The van der Waals surface area contributed by atoms with Gasteiger partial charge in [0.15, 0.2) is 0 Å². The molecule has 0 aromatic carbocycles. The Morgan fingerprint density at radius 3 is 2.40 bits per heavy atom. The minimum Gasteiger partial charge on any atom is -0.466 e. The molecular formula is C15H26N2O3. The molecule has 0 bridgehead atoms. The molecule has 5 heteroatoms. The van der Waals surface area contributed by atoms with Gasteiger partial charge in [0.1, 0.15) is 0 Å². The van der Waals surface area contributed by atoms with Crippen LogP contribution in [0.1, 0.15) is 39.5 Å². The molecule has 1 atom stereocenters. The first-order valence-electron chi connectivity index (χ1n) is 7.82. The zero-order valence-electron chi connectivity index (χ0n) is 12.6. The fourth-order valence-electron chi connectivity index (χ4n) is 3.13. The number of nitrogens with zero attached hydrogens (tertiary/aromatic N) is 2. The predicted octanol–water partition coefficient (Wildman–Crippen LogP) is 2.11. The fourth-order valence-corrected chi connectivity index (χ4v) is 3.13. The van der Waals surface area contributed by atoms with E-state index in [0.717, 1.165) is 32.4 Å². The summed E-state index contributed by atoms with van der Waals surface area (Å²) < 4.78 is 5.05. The molecular weight excluding hydrogens is 256 g/mol. The first kappa shape index (κ1) is 15.1. The lowest BCUT2D eigenvalue weighted by Gasteiger charge is -2.38. The molecule has 0 aromatic rings. The number of piperidine rings is 2. The van der Waals surface area contributed by atoms with Gasteiger partial charge in [0.25, 0.3) is 0 Å². The van der Waals surface area contributed by atoms with E-state index in [0.29, 0.717) is 25.6 Å². The third-order valence-corrected chi connectivity index (χ3v) is 4.31. The van der Waals surface area contributed by atoms with Crippen LogP contribution in [0, 0.1) is 11.8 Å². The van der Waals surface area contributed by atoms with Gasteiger partial charge >= 0.3 is 12.0 Å². The van der Waals surface area contributed by atoms with Crippen molar-refractivity contribution in [2.24, 2.45) is 11.8 Å². The van der Waals surface area contributed by atoms with Crippen LogP contribution in [-0.4, -0.2) is 54.6 Å². The van der Waals surface area contributed by atoms with E-state index in [2.05, 4.69) is 6.92 Å². The molecule has 0 aromatic heterocycles. The number of carbonyl (C=O) groups is 2. The number of urea groups is 1. The third-order valence-electron chi connectivity index (χ3n) is 4.31. The van der Waals surface area contributed by atoms with E-state index in [4.69, 9.17) is 4.74 Å². The second kappa shape index (κ2) is 6.95. The van der Waals surface area contributed by atoms with Gasteiger partial charge in [-0.25, -0.2) is 4.79 Å². The summed E-state index contributed by atoms with van der Waals surface area (Å²) >= 11 is 0. The van der Waals surface area contributed by atoms with Crippen molar-refractivity contribution >= 4 is 12.0 Å². The SMILES string of the molecule is CCOC(=O)C1CCN(C(=O)N2CCCC(C)C2)CC1. The number of hydrogen-bond donors (Lipinski definition) is 0. The van der Waals surface area contributed by atoms with E-state index in [9.17, 15) is 9.59 Å². The van der Waals surface area contributed by atoms with E-state index < -0.39 is 0 Å². The van der Waals surface area contributed by atoms with Gasteiger partial charge in [-0.05, 0) is 38.5 Å². The zero-order chi connectivity index (χ0) is 14.5. The topological polar surface area (TPSA) is 49.9 Å². The summed E-state index contributed by atoms with van der Waals surface area (Å²) in [6.07, 6.45) is 3.78. The Morgan fingerprint density at radius 1 is 1.10 bits per heavy atom. The Kier molecular flexibility index (Phi) is 5.26. The molecule has 0 aliphatic carbocycles. The van der Waals surface area contributed by atoms with Crippen LogP contribution in [0.2, 0.25) is 0 Å². The molecule has 2 aliphatic rings. The molecule has 0 radical (unpaired) electrons. The molecule has 2 rings (SSSR count). The molecule has 1 unspecified atom stereocenters. The minimum absolute atomic E-state index is 0.0284. The summed E-state index contributed by atoms with van der Waals surface area (Å²) in [6, 6.07) is 0.152. The molecule has 2 amide bonds. The summed E-state index contributed by atoms with van der Waals surface area (Å²) in [5.41, 5.74) is 0. The van der Waals surface area contributed by atoms with Crippen molar-refractivity contribution in [3.05, 3.63) is 0 Å². The van der Waals surface area contributed by atoms with Crippen LogP contribution < -0.4 is 0 Å². The second-order valence-corrected chi connectivity index (χ2v) is 5.99. The maximum absolute atomic E-state index is 12.4. The summed E-state index contributed by atoms with van der Waals surface area (Å²) in [5.74, 6) is 0.468. The molecule has 2 fully saturated rings. The van der Waals surface area contributed by atoms with Crippen molar-refractivity contribution in [2.45, 2.75) is 39.5 Å². The quantitative estimate of drug-likeness (QED) is 0.729. The Bertz CT molecular complexity index is 351. The van der Waals surface area contributed by atoms with E-state index >= 15 is 0 Å². The molecule has 0 saturated carbocycles. The van der Waals surface area contributed by atoms with Gasteiger partial charge in [0.05, 0.1) is 12.5 Å². The van der Waals surface area contributed by atoms with Crippen LogP contribution in [0.15, 0.2) is 0 Å². The number of likely N-dealkylation sites (tertiary alicyclic amines) is 2. The summed E-state index contributed by atoms with van der Waals surface area (Å²) in [4.78, 5) is 28.0. The van der Waals surface area contributed by atoms with Crippen LogP contribution >= 0.6 is 0 Å². The van der Waals surface area contributed by atoms with Crippen LogP contribution in [0.3, 0.4) is 0 Å². The number of ether oxygens (including phenoxy) is 1. The Hall–Kier alpha value is -1.26. The highest BCUT2D eigenvalue weighted by atomic mass is 16.5. The van der Waals surface area contributed by atoms with Crippen molar-refractivity contribution in [1.82, 2.24) is 9.80 Å². The van der Waals surface area contributed by atoms with E-state index in [1.165, 1.54) is 6.42 Å². The maximum Gasteiger partial charge on any atom is 0.320 e. The lowest BCUT2D eigenvalue weighted by atomic mass is 9.97. The number of esters is 1. The van der Waals surface area contributed by atoms with Crippen molar-refractivity contribution < 1.29 is 14.3 Å². The van der Waals surface area contributed by atoms with Gasteiger partial charge in [-0.3, -0.25) is 4.79 Å². The second-order valence-electron chi connectivity index (χ2n) is 5.99. The summed E-state index contributed by atoms with van der Waals surface area (Å²) in [7, 11) is 0. The Balaban J connectivity index is 1.81. The highest BCUT2D eigenvalue weighted by molar-refractivity contribution is 5.76. The van der Waals surface area contributed by atoms with Gasteiger partial charge in [0.2, 0.25) is 0 Å². The number of amides is 2. The molecule has 0 spiro atoms. The van der Waals surface area contributed by atoms with Crippen LogP contribution in [0.25, 0.3) is 0 Å². The highest BCUT2D eigenvalue weighted by Gasteiger charge is 2.31. The zero-order valence-corrected chi connectivity index (χ0v) is 12.6. The number of carbonyl (C=O) groups excluding carboxylic acids is 2. The third kappa shape index (κ3) is 3.64. The van der Waals surface area contributed by atoms with Gasteiger partial charge < -0.3 is 14.5 Å². The first-order chi connectivity index (χ1) is 9.61. The molecule has 2 saturated heterocycles. The van der Waals surface area contributed by atoms with Crippen LogP contribution in [-0.2, 0) is 9.53 Å². The Morgan fingerprint density at radius 2 is 1.80 bits per heavy atom. The number of hydrogen-bond acceptors (Lipinski definition) is 3. The van der Waals surface area contributed by atoms with Crippen molar-refractivity contribution in [2.75, 3.05) is 32.8 Å². The average molecular weight is 282 g/mol. The highest BCUT2D eigenvalue weighted by Crippen LogP contribution is 2.22. The minimum atomic E-state index is -0.105. The molecule has 114 valence electrons. The Labute approximate surface area is 121 Å². The maximum atomic E-state index is 12.4. The van der Waals surface area contributed by atoms with Gasteiger partial charge in [-0.1, -0.05) is 6.92 Å². The molecule has 2 heterocycles. The summed E-state index contributed by atoms with van der Waals surface area (Å²) in [6.45, 7) is 7.56. The van der Waals surface area contributed by atoms with Gasteiger partial charge in [0, 0.05) is 26.2 Å². The summed E-state index contributed by atoms with van der Waals surface area (Å²) in [5, 5.41) is 0. The first-order valence-corrected chi connectivity index (χ1v) is 7.82. The molecule has 5 nitrogen and oxygen atoms in total. The predicted molar refractivity (Wildman–Crippen MR) is 76.3 cm³/mol. The van der Waals surface area contributed by atoms with E-state index in [1.807, 2.05) is 16.7 Å². The molecule has 2 aliphatic heterocycles. The number of rotatable bonds is 2. The van der Waals surface area contributed by atoms with Gasteiger partial charge in [-0.15, -0.1) is 0 Å². The standard InChI is InChI=1S/C15H26N2O3/c1-3-20-14(18)13-6-9-16(10-7-13)15(19)17-8-4-5-12(2)11-17/h12-13H,3-11H2,1-2H3. The normalized spacial score (nSPS) is 24.6. The lowest BCUT2D eigenvalue weighted by Crippen LogP contribution is -2.50. The fraction of sp³-hybridized carbons (Fsp3) is 0.867. The van der Waals surface area contributed by atoms with E-state index in [1.54, 1.807) is 0 Å². The van der Waals surface area contributed by atoms with Crippen LogP contribution in [0.5, 0.6) is 0 Å². The monoisotopic (exact) mass is 282 g/mol. The largest absolute Gasteiger partial charge is 0.466 e. The van der Waals surface area contributed by atoms with Crippen molar-refractivity contribution in [3.8, 4) is 0 Å². The molecule has 20 heavy (non-hydrogen) atoms. The smallest absolute Gasteiger partial charge is 0.320 e. The van der Waals surface area contributed by atoms with Crippen LogP contribution in [0.4, 0.5) is 4.79 Å². The van der Waals surface area contributed by atoms with Gasteiger partial charge in [-0.2, -0.15) is 0 Å². The molecule has 0 N–H and O–H groups in total. The van der Waals surface area contributed by atoms with E-state index in [-0.39, 0.29) is 17.9 Å². The lowest BCUT2D eigenvalue weighted by molar-refractivity contribution is -0.149.